The van der Waals surface area contributed by atoms with Crippen molar-refractivity contribution in [2.75, 3.05) is 5.75 Å². The van der Waals surface area contributed by atoms with Crippen LogP contribution in [0.4, 0.5) is 0 Å². The van der Waals surface area contributed by atoms with E-state index in [0.717, 1.165) is 19.3 Å². The smallest absolute Gasteiger partial charge is 1.00 e. The first-order chi connectivity index (χ1) is 14.0. The second-order valence-corrected chi connectivity index (χ2v) is 10.4. The molecule has 178 valence electrons. The van der Waals surface area contributed by atoms with E-state index in [2.05, 4.69) is 6.92 Å². The molecule has 0 amide bonds. The molecule has 0 radical (unpaired) electrons. The van der Waals surface area contributed by atoms with Gasteiger partial charge in [0.05, 0.1) is 6.10 Å². The number of aliphatic hydroxyl groups is 1. The minimum absolute atomic E-state index is 0. The molecule has 0 aromatic carbocycles. The summed E-state index contributed by atoms with van der Waals surface area (Å²) in [5, 5.41) is 9.50. The summed E-state index contributed by atoms with van der Waals surface area (Å²) in [7, 11) is -4.05. The maximum absolute atomic E-state index is 10.6. The number of rotatable bonds is 23. The Balaban J connectivity index is -0.00000392. The number of hydrogen-bond donors (Lipinski definition) is 2. The van der Waals surface area contributed by atoms with Crippen LogP contribution in [-0.4, -0.2) is 29.9 Å². The summed E-state index contributed by atoms with van der Waals surface area (Å²) in [6, 6.07) is 0. The van der Waals surface area contributed by atoms with E-state index in [1.165, 1.54) is 109 Å². The van der Waals surface area contributed by atoms with Gasteiger partial charge in [0, 0.05) is 0 Å². The minimum Gasteiger partial charge on any atom is -1.00 e. The summed E-state index contributed by atoms with van der Waals surface area (Å²) >= 11 is 0. The molecule has 0 saturated heterocycles. The van der Waals surface area contributed by atoms with Crippen molar-refractivity contribution in [3.05, 3.63) is 0 Å². The van der Waals surface area contributed by atoms with E-state index in [1.54, 1.807) is 0 Å². The normalized spacial score (nSPS) is 12.6. The molecule has 0 aromatic rings. The molecule has 0 saturated carbocycles. The van der Waals surface area contributed by atoms with Gasteiger partial charge in [0.1, 0.15) is 5.75 Å². The second kappa shape index (κ2) is 24.5. The Kier molecular flexibility index (Phi) is 27.0. The van der Waals surface area contributed by atoms with Crippen LogP contribution in [0.15, 0.2) is 0 Å². The van der Waals surface area contributed by atoms with E-state index in [9.17, 15) is 13.5 Å². The van der Waals surface area contributed by atoms with Gasteiger partial charge in [-0.05, 0) is 6.42 Å². The van der Waals surface area contributed by atoms with Gasteiger partial charge in [-0.3, -0.25) is 4.55 Å². The fraction of sp³-hybridized carbons (Fsp3) is 1.00. The Morgan fingerprint density at radius 1 is 0.600 bits per heavy atom. The Morgan fingerprint density at radius 3 is 1.13 bits per heavy atom. The molecule has 0 aliphatic heterocycles. The molecule has 6 heteroatoms. The fourth-order valence-corrected chi connectivity index (χ4v) is 4.61. The Hall–Kier alpha value is 0.870. The van der Waals surface area contributed by atoms with Crippen LogP contribution < -0.4 is 29.6 Å². The van der Waals surface area contributed by atoms with E-state index in [4.69, 9.17) is 4.55 Å². The largest absolute Gasteiger partial charge is 1.00 e. The molecule has 0 heterocycles. The summed E-state index contributed by atoms with van der Waals surface area (Å²) in [6.07, 6.45) is 26.1. The molecule has 0 fully saturated rings. The number of aliphatic hydroxyl groups excluding tert-OH is 1. The second-order valence-electron chi connectivity index (χ2n) is 8.91. The molecule has 2 N–H and O–H groups in total. The predicted octanol–water partition coefficient (Wildman–Crippen LogP) is 4.56. The predicted molar refractivity (Wildman–Crippen MR) is 126 cm³/mol. The monoisotopic (exact) mass is 458 g/mol. The molecular weight excluding hydrogens is 407 g/mol. The molecular formula is C24H51NaO4S. The molecule has 0 rings (SSSR count). The minimum atomic E-state index is -4.05. The van der Waals surface area contributed by atoms with E-state index in [-0.39, 0.29) is 31.0 Å². The summed E-state index contributed by atoms with van der Waals surface area (Å²) in [4.78, 5) is 0. The third-order valence-electron chi connectivity index (χ3n) is 5.79. The quantitative estimate of drug-likeness (QED) is 0.134. The van der Waals surface area contributed by atoms with Crippen LogP contribution in [0.5, 0.6) is 0 Å². The average molecular weight is 459 g/mol. The molecule has 1 unspecified atom stereocenters. The number of unbranched alkanes of at least 4 members (excludes halogenated alkanes) is 19. The van der Waals surface area contributed by atoms with Crippen molar-refractivity contribution in [2.45, 2.75) is 148 Å². The molecule has 0 aliphatic carbocycles. The van der Waals surface area contributed by atoms with Crippen molar-refractivity contribution in [1.82, 2.24) is 0 Å². The van der Waals surface area contributed by atoms with Crippen molar-refractivity contribution in [3.63, 3.8) is 0 Å². The summed E-state index contributed by atoms with van der Waals surface area (Å²) in [6.45, 7) is 2.28. The van der Waals surface area contributed by atoms with Gasteiger partial charge in [-0.1, -0.05) is 135 Å². The van der Waals surface area contributed by atoms with Crippen LogP contribution in [0.1, 0.15) is 143 Å². The average Bonchev–Trinajstić information content (AvgIpc) is 2.65. The molecule has 1 atom stereocenters. The Labute approximate surface area is 211 Å². The van der Waals surface area contributed by atoms with Gasteiger partial charge < -0.3 is 6.53 Å². The fourth-order valence-electron chi connectivity index (χ4n) is 3.96. The third-order valence-corrected chi connectivity index (χ3v) is 6.60. The summed E-state index contributed by atoms with van der Waals surface area (Å²) in [5.74, 6) is -0.536. The summed E-state index contributed by atoms with van der Waals surface area (Å²) < 4.78 is 30.0. The molecule has 0 spiro atoms. The van der Waals surface area contributed by atoms with Gasteiger partial charge in [-0.15, -0.1) is 0 Å². The van der Waals surface area contributed by atoms with E-state index >= 15 is 0 Å². The molecule has 0 aromatic heterocycles. The van der Waals surface area contributed by atoms with Gasteiger partial charge in [-0.2, -0.15) is 8.42 Å². The molecule has 0 aliphatic rings. The standard InChI is InChI=1S/C24H50O4S.Na.H/c1-2-3-4-5-6-7-8-9-10-11-12-13-14-15-16-17-18-19-20-21-22-24(25)23-29(26,27)28;;/h24-25H,2-23H2,1H3,(H,26,27,28);;/q;+1;-1. The van der Waals surface area contributed by atoms with Crippen LogP contribution in [0.3, 0.4) is 0 Å². The Bertz CT molecular complexity index is 435. The zero-order valence-corrected chi connectivity index (χ0v) is 23.1. The van der Waals surface area contributed by atoms with Gasteiger partial charge >= 0.3 is 29.6 Å². The van der Waals surface area contributed by atoms with Gasteiger partial charge in [0.2, 0.25) is 0 Å². The Morgan fingerprint density at radius 2 is 0.867 bits per heavy atom. The zero-order valence-electron chi connectivity index (χ0n) is 21.3. The zero-order chi connectivity index (χ0) is 21.6. The van der Waals surface area contributed by atoms with Gasteiger partial charge in [-0.25, -0.2) is 0 Å². The topological polar surface area (TPSA) is 74.6 Å². The third kappa shape index (κ3) is 28.9. The SMILES string of the molecule is CCCCCCCCCCCCCCCCCCCCCCC(O)CS(=O)(=O)O.[H-].[Na+]. The maximum atomic E-state index is 10.6. The van der Waals surface area contributed by atoms with E-state index in [1.807, 2.05) is 0 Å². The number of hydrogen-bond acceptors (Lipinski definition) is 3. The van der Waals surface area contributed by atoms with Crippen LogP contribution in [-0.2, 0) is 10.1 Å². The van der Waals surface area contributed by atoms with Gasteiger partial charge in [0.15, 0.2) is 0 Å². The molecule has 4 nitrogen and oxygen atoms in total. The molecule has 30 heavy (non-hydrogen) atoms. The first-order valence-electron chi connectivity index (χ1n) is 12.6. The van der Waals surface area contributed by atoms with Crippen molar-refractivity contribution < 1.29 is 49.1 Å². The van der Waals surface area contributed by atoms with Crippen molar-refractivity contribution in [3.8, 4) is 0 Å². The van der Waals surface area contributed by atoms with E-state index in [0.29, 0.717) is 6.42 Å². The van der Waals surface area contributed by atoms with Crippen LogP contribution in [0.25, 0.3) is 0 Å². The van der Waals surface area contributed by atoms with Gasteiger partial charge in [0.25, 0.3) is 10.1 Å². The van der Waals surface area contributed by atoms with Crippen molar-refractivity contribution >= 4 is 10.1 Å². The first-order valence-corrected chi connectivity index (χ1v) is 14.2. The van der Waals surface area contributed by atoms with Crippen LogP contribution >= 0.6 is 0 Å². The summed E-state index contributed by atoms with van der Waals surface area (Å²) in [5.41, 5.74) is 0. The maximum Gasteiger partial charge on any atom is 1.00 e. The van der Waals surface area contributed by atoms with E-state index < -0.39 is 22.0 Å². The van der Waals surface area contributed by atoms with Crippen molar-refractivity contribution in [2.24, 2.45) is 0 Å². The first kappa shape index (κ1) is 33.0. The van der Waals surface area contributed by atoms with Crippen LogP contribution in [0.2, 0.25) is 0 Å². The van der Waals surface area contributed by atoms with Crippen LogP contribution in [0, 0.1) is 0 Å². The molecule has 0 bridgehead atoms. The van der Waals surface area contributed by atoms with Crippen molar-refractivity contribution in [1.29, 1.82) is 0 Å².